The van der Waals surface area contributed by atoms with Gasteiger partial charge in [0.2, 0.25) is 5.91 Å². The molecule has 1 aromatic carbocycles. The summed E-state index contributed by atoms with van der Waals surface area (Å²) < 4.78 is 44.7. The molecule has 2 fully saturated rings. The molecule has 0 N–H and O–H groups in total. The minimum absolute atomic E-state index is 0.215. The van der Waals surface area contributed by atoms with Crippen LogP contribution in [0, 0.1) is 12.3 Å². The fourth-order valence-corrected chi connectivity index (χ4v) is 4.97. The summed E-state index contributed by atoms with van der Waals surface area (Å²) in [6.07, 6.45) is -3.41. The van der Waals surface area contributed by atoms with Gasteiger partial charge in [-0.05, 0) is 25.5 Å². The molecule has 4 heterocycles. The van der Waals surface area contributed by atoms with E-state index in [1.54, 1.807) is 9.42 Å². The van der Waals surface area contributed by atoms with Crippen LogP contribution in [-0.2, 0) is 11.3 Å². The minimum atomic E-state index is -4.61. The van der Waals surface area contributed by atoms with Crippen LogP contribution in [0.1, 0.15) is 17.7 Å². The van der Waals surface area contributed by atoms with E-state index in [9.17, 15) is 18.0 Å². The predicted molar refractivity (Wildman–Crippen MR) is 119 cm³/mol. The smallest absolute Gasteiger partial charge is 0.353 e. The minimum Gasteiger partial charge on any atom is -0.353 e. The molecule has 1 atom stereocenters. The number of halogens is 3. The third-order valence-electron chi connectivity index (χ3n) is 6.80. The third kappa shape index (κ3) is 3.97. The highest BCUT2D eigenvalue weighted by atomic mass is 19.4. The normalized spacial score (nSPS) is 22.0. The lowest BCUT2D eigenvalue weighted by Crippen LogP contribution is -2.58. The molecule has 11 heteroatoms. The lowest BCUT2D eigenvalue weighted by Gasteiger charge is -2.41. The number of aryl methyl sites for hydroxylation is 1. The maximum absolute atomic E-state index is 14.3. The van der Waals surface area contributed by atoms with Crippen LogP contribution >= 0.6 is 0 Å². The van der Waals surface area contributed by atoms with Crippen LogP contribution in [0.5, 0.6) is 0 Å². The van der Waals surface area contributed by atoms with Gasteiger partial charge in [0.15, 0.2) is 5.41 Å². The van der Waals surface area contributed by atoms with Gasteiger partial charge < -0.3 is 9.80 Å². The zero-order valence-electron chi connectivity index (χ0n) is 18.9. The lowest BCUT2D eigenvalue weighted by atomic mass is 9.84. The second kappa shape index (κ2) is 8.53. The largest absolute Gasteiger partial charge is 0.404 e. The first-order chi connectivity index (χ1) is 16.3. The molecule has 0 spiro atoms. The molecule has 34 heavy (non-hydrogen) atoms. The number of carbonyl (C=O) groups is 1. The molecular weight excluding hydrogens is 447 g/mol. The van der Waals surface area contributed by atoms with Crippen molar-refractivity contribution in [2.24, 2.45) is 5.41 Å². The van der Waals surface area contributed by atoms with Gasteiger partial charge in [0.05, 0.1) is 0 Å². The molecular formula is C23H26F3N7O. The van der Waals surface area contributed by atoms with Gasteiger partial charge in [-0.2, -0.15) is 27.8 Å². The Morgan fingerprint density at radius 1 is 1.09 bits per heavy atom. The van der Waals surface area contributed by atoms with Crippen LogP contribution in [0.3, 0.4) is 0 Å². The Kier molecular flexibility index (Phi) is 5.67. The summed E-state index contributed by atoms with van der Waals surface area (Å²) in [5.74, 6) is 0.425. The number of amides is 1. The maximum Gasteiger partial charge on any atom is 0.404 e. The van der Waals surface area contributed by atoms with Crippen molar-refractivity contribution in [3.8, 4) is 0 Å². The highest BCUT2D eigenvalue weighted by Gasteiger charge is 2.64. The average Bonchev–Trinajstić information content (AvgIpc) is 3.46. The molecule has 1 unspecified atom stereocenters. The number of hydrogen-bond donors (Lipinski definition) is 0. The summed E-state index contributed by atoms with van der Waals surface area (Å²) in [5.41, 5.74) is -0.654. The Labute approximate surface area is 195 Å². The summed E-state index contributed by atoms with van der Waals surface area (Å²) in [5, 5.41) is 4.20. The van der Waals surface area contributed by atoms with E-state index in [-0.39, 0.29) is 32.6 Å². The van der Waals surface area contributed by atoms with Crippen molar-refractivity contribution in [2.45, 2.75) is 26.1 Å². The number of anilines is 1. The van der Waals surface area contributed by atoms with E-state index in [0.717, 1.165) is 17.1 Å². The van der Waals surface area contributed by atoms with E-state index >= 15 is 0 Å². The number of nitrogens with zero attached hydrogens (tertiary/aromatic N) is 7. The molecule has 2 saturated heterocycles. The van der Waals surface area contributed by atoms with E-state index in [0.29, 0.717) is 25.4 Å². The van der Waals surface area contributed by atoms with Gasteiger partial charge >= 0.3 is 6.18 Å². The number of benzene rings is 1. The molecule has 2 aliphatic heterocycles. The van der Waals surface area contributed by atoms with E-state index in [4.69, 9.17) is 0 Å². The first-order valence-corrected chi connectivity index (χ1v) is 11.3. The molecule has 0 aliphatic carbocycles. The number of fused-ring (bicyclic) bond motifs is 1. The number of piperazine rings is 1. The first kappa shape index (κ1) is 22.6. The Bertz CT molecular complexity index is 1170. The fraction of sp³-hybridized carbons (Fsp3) is 0.478. The van der Waals surface area contributed by atoms with Crippen LogP contribution in [0.4, 0.5) is 19.0 Å². The van der Waals surface area contributed by atoms with Gasteiger partial charge in [-0.3, -0.25) is 9.69 Å². The second-order valence-corrected chi connectivity index (χ2v) is 9.03. The Hall–Kier alpha value is -3.21. The van der Waals surface area contributed by atoms with Gasteiger partial charge in [0.1, 0.15) is 12.1 Å². The SMILES string of the molecule is Cc1cc(N2CCN(C(=O)C3(C(F)(F)F)CCN(Cc4ccccc4)C3)CC2)n2ncnc2n1. The van der Waals surface area contributed by atoms with Crippen LogP contribution in [0.2, 0.25) is 0 Å². The highest BCUT2D eigenvalue weighted by molar-refractivity contribution is 5.84. The Morgan fingerprint density at radius 3 is 2.53 bits per heavy atom. The molecule has 1 amide bonds. The standard InChI is InChI=1S/C23H26F3N7O/c1-17-13-19(33-21(29-17)27-16-28-33)31-9-11-32(12-10-31)20(34)22(23(24,25)26)7-8-30(15-22)14-18-5-3-2-4-6-18/h2-6,13,16H,7-12,14-15H2,1H3. The number of aromatic nitrogens is 4. The molecule has 2 aromatic heterocycles. The van der Waals surface area contributed by atoms with Gasteiger partial charge in [-0.25, -0.2) is 4.98 Å². The first-order valence-electron chi connectivity index (χ1n) is 11.3. The zero-order chi connectivity index (χ0) is 23.9. The number of alkyl halides is 3. The third-order valence-corrected chi connectivity index (χ3v) is 6.80. The van der Waals surface area contributed by atoms with Crippen LogP contribution in [0.15, 0.2) is 42.7 Å². The van der Waals surface area contributed by atoms with Gasteiger partial charge in [-0.1, -0.05) is 30.3 Å². The van der Waals surface area contributed by atoms with Crippen LogP contribution in [-0.4, -0.2) is 80.7 Å². The maximum atomic E-state index is 14.3. The van der Waals surface area contributed by atoms with Crippen LogP contribution < -0.4 is 4.90 Å². The number of rotatable bonds is 4. The van der Waals surface area contributed by atoms with Crippen molar-refractivity contribution in [3.63, 3.8) is 0 Å². The van der Waals surface area contributed by atoms with E-state index in [2.05, 4.69) is 15.1 Å². The number of hydrogen-bond acceptors (Lipinski definition) is 6. The molecule has 0 bridgehead atoms. The highest BCUT2D eigenvalue weighted by Crippen LogP contribution is 2.47. The summed E-state index contributed by atoms with van der Waals surface area (Å²) in [6.45, 7) is 3.42. The molecule has 0 radical (unpaired) electrons. The molecule has 5 rings (SSSR count). The molecule has 3 aromatic rings. The summed E-state index contributed by atoms with van der Waals surface area (Å²) in [6, 6.07) is 11.3. The van der Waals surface area contributed by atoms with Crippen molar-refractivity contribution >= 4 is 17.5 Å². The topological polar surface area (TPSA) is 69.9 Å². The van der Waals surface area contributed by atoms with Crippen LogP contribution in [0.25, 0.3) is 5.78 Å². The average molecular weight is 474 g/mol. The quantitative estimate of drug-likeness (QED) is 0.580. The monoisotopic (exact) mass is 473 g/mol. The van der Waals surface area contributed by atoms with E-state index < -0.39 is 17.5 Å². The predicted octanol–water partition coefficient (Wildman–Crippen LogP) is 2.54. The summed E-state index contributed by atoms with van der Waals surface area (Å²) >= 11 is 0. The number of likely N-dealkylation sites (tertiary alicyclic amines) is 1. The Balaban J connectivity index is 1.30. The number of carbonyl (C=O) groups excluding carboxylic acids is 1. The van der Waals surface area contributed by atoms with E-state index in [1.807, 2.05) is 48.2 Å². The Morgan fingerprint density at radius 2 is 1.82 bits per heavy atom. The van der Waals surface area contributed by atoms with Gasteiger partial charge in [0.25, 0.3) is 5.78 Å². The summed E-state index contributed by atoms with van der Waals surface area (Å²) in [4.78, 5) is 26.9. The van der Waals surface area contributed by atoms with Crippen molar-refractivity contribution in [1.29, 1.82) is 0 Å². The van der Waals surface area contributed by atoms with Gasteiger partial charge in [0, 0.05) is 51.0 Å². The summed E-state index contributed by atoms with van der Waals surface area (Å²) in [7, 11) is 0. The van der Waals surface area contributed by atoms with Crippen molar-refractivity contribution in [1.82, 2.24) is 29.4 Å². The molecule has 8 nitrogen and oxygen atoms in total. The molecule has 2 aliphatic rings. The van der Waals surface area contributed by atoms with Crippen molar-refractivity contribution in [3.05, 3.63) is 54.0 Å². The zero-order valence-corrected chi connectivity index (χ0v) is 18.9. The van der Waals surface area contributed by atoms with E-state index in [1.165, 1.54) is 11.2 Å². The molecule has 180 valence electrons. The molecule has 0 saturated carbocycles. The van der Waals surface area contributed by atoms with Gasteiger partial charge in [-0.15, -0.1) is 0 Å². The van der Waals surface area contributed by atoms with Crippen molar-refractivity contribution in [2.75, 3.05) is 44.2 Å². The lowest BCUT2D eigenvalue weighted by molar-refractivity contribution is -0.223. The second-order valence-electron chi connectivity index (χ2n) is 9.03. The van der Waals surface area contributed by atoms with Crippen molar-refractivity contribution < 1.29 is 18.0 Å². The fourth-order valence-electron chi connectivity index (χ4n) is 4.97.